The average molecular weight is 306 g/mol. The number of hydrogen-bond donors (Lipinski definition) is 0. The lowest BCUT2D eigenvalue weighted by Crippen LogP contribution is -2.28. The van der Waals surface area contributed by atoms with Gasteiger partial charge >= 0.3 is 0 Å². The van der Waals surface area contributed by atoms with Gasteiger partial charge in [-0.25, -0.2) is 0 Å². The Labute approximate surface area is 111 Å². The number of nitrogens with zero attached hydrogens (tertiary/aromatic N) is 2. The molecule has 0 saturated carbocycles. The quantitative estimate of drug-likeness (QED) is 0.825. The maximum Gasteiger partial charge on any atom is 0.0462 e. The van der Waals surface area contributed by atoms with Crippen LogP contribution in [0.15, 0.2) is 22.7 Å². The number of hydrogen-bond acceptors (Lipinski definition) is 2. The molecule has 0 fully saturated rings. The molecule has 2 nitrogen and oxygen atoms in total. The van der Waals surface area contributed by atoms with Crippen molar-refractivity contribution >= 4 is 27.5 Å². The van der Waals surface area contributed by atoms with Gasteiger partial charge in [-0.2, -0.15) is 0 Å². The van der Waals surface area contributed by atoms with Crippen LogP contribution in [-0.4, -0.2) is 44.0 Å². The summed E-state index contributed by atoms with van der Waals surface area (Å²) >= 11 is 9.58. The van der Waals surface area contributed by atoms with Crippen LogP contribution in [0.5, 0.6) is 0 Å². The molecule has 1 rings (SSSR count). The first-order valence-electron chi connectivity index (χ1n) is 5.26. The van der Waals surface area contributed by atoms with Crippen LogP contribution in [0, 0.1) is 0 Å². The van der Waals surface area contributed by atoms with Gasteiger partial charge in [0.1, 0.15) is 0 Å². The molecule has 0 saturated heterocycles. The minimum atomic E-state index is 0.825. The van der Waals surface area contributed by atoms with Gasteiger partial charge < -0.3 is 9.80 Å². The first kappa shape index (κ1) is 14.0. The van der Waals surface area contributed by atoms with E-state index in [1.165, 1.54) is 5.56 Å². The Hall–Kier alpha value is -0.0900. The Morgan fingerprint density at radius 1 is 1.19 bits per heavy atom. The second kappa shape index (κ2) is 6.60. The zero-order valence-corrected chi connectivity index (χ0v) is 12.3. The molecule has 16 heavy (non-hydrogen) atoms. The third-order valence-electron chi connectivity index (χ3n) is 2.38. The van der Waals surface area contributed by atoms with E-state index in [-0.39, 0.29) is 0 Å². The van der Waals surface area contributed by atoms with Crippen LogP contribution in [-0.2, 0) is 6.54 Å². The fraction of sp³-hybridized carbons (Fsp3) is 0.500. The number of likely N-dealkylation sites (N-methyl/N-ethyl adjacent to an activating group) is 2. The number of rotatable bonds is 5. The van der Waals surface area contributed by atoms with E-state index in [0.717, 1.165) is 29.1 Å². The van der Waals surface area contributed by atoms with Gasteiger partial charge in [0.2, 0.25) is 0 Å². The van der Waals surface area contributed by atoms with E-state index in [1.807, 2.05) is 12.1 Å². The molecule has 0 aromatic heterocycles. The molecule has 0 aliphatic rings. The molecule has 1 aromatic carbocycles. The molecular weight excluding hydrogens is 288 g/mol. The largest absolute Gasteiger partial charge is 0.308 e. The van der Waals surface area contributed by atoms with Gasteiger partial charge in [-0.3, -0.25) is 0 Å². The third kappa shape index (κ3) is 4.83. The zero-order valence-electron chi connectivity index (χ0n) is 10.0. The average Bonchev–Trinajstić information content (AvgIpc) is 2.19. The molecule has 0 bridgehead atoms. The van der Waals surface area contributed by atoms with Gasteiger partial charge in [0, 0.05) is 29.1 Å². The van der Waals surface area contributed by atoms with Gasteiger partial charge in [0.15, 0.2) is 0 Å². The standard InChI is InChI=1S/C12H18BrClN2/c1-15(2)6-7-16(3)9-10-4-5-11(13)8-12(10)14/h4-5,8H,6-7,9H2,1-3H3. The molecular formula is C12H18BrClN2. The maximum absolute atomic E-state index is 6.17. The molecule has 0 atom stereocenters. The molecule has 0 spiro atoms. The van der Waals surface area contributed by atoms with Crippen LogP contribution in [0.3, 0.4) is 0 Å². The van der Waals surface area contributed by atoms with E-state index in [2.05, 4.69) is 52.9 Å². The summed E-state index contributed by atoms with van der Waals surface area (Å²) in [5.41, 5.74) is 1.17. The predicted molar refractivity (Wildman–Crippen MR) is 74.0 cm³/mol. The van der Waals surface area contributed by atoms with Crippen LogP contribution < -0.4 is 0 Å². The lowest BCUT2D eigenvalue weighted by atomic mass is 10.2. The van der Waals surface area contributed by atoms with E-state index in [4.69, 9.17) is 11.6 Å². The van der Waals surface area contributed by atoms with Crippen molar-refractivity contribution in [2.45, 2.75) is 6.54 Å². The third-order valence-corrected chi connectivity index (χ3v) is 3.23. The monoisotopic (exact) mass is 304 g/mol. The second-order valence-electron chi connectivity index (χ2n) is 4.28. The maximum atomic E-state index is 6.17. The van der Waals surface area contributed by atoms with Crippen LogP contribution in [0.2, 0.25) is 5.02 Å². The van der Waals surface area contributed by atoms with Crippen LogP contribution in [0.1, 0.15) is 5.56 Å². The highest BCUT2D eigenvalue weighted by Gasteiger charge is 2.05. The SMILES string of the molecule is CN(C)CCN(C)Cc1ccc(Br)cc1Cl. The molecule has 90 valence electrons. The summed E-state index contributed by atoms with van der Waals surface area (Å²) in [5.74, 6) is 0. The fourth-order valence-corrected chi connectivity index (χ4v) is 2.12. The molecule has 0 unspecified atom stereocenters. The molecule has 0 heterocycles. The van der Waals surface area contributed by atoms with Gasteiger partial charge in [0.25, 0.3) is 0 Å². The van der Waals surface area contributed by atoms with E-state index in [9.17, 15) is 0 Å². The summed E-state index contributed by atoms with van der Waals surface area (Å²) in [7, 11) is 6.28. The Morgan fingerprint density at radius 2 is 1.88 bits per heavy atom. The van der Waals surface area contributed by atoms with Crippen molar-refractivity contribution in [3.05, 3.63) is 33.3 Å². The summed E-state index contributed by atoms with van der Waals surface area (Å²) in [4.78, 5) is 4.45. The molecule has 1 aromatic rings. The van der Waals surface area contributed by atoms with Crippen molar-refractivity contribution in [2.75, 3.05) is 34.2 Å². The van der Waals surface area contributed by atoms with Crippen LogP contribution in [0.4, 0.5) is 0 Å². The lowest BCUT2D eigenvalue weighted by Gasteiger charge is -2.19. The van der Waals surface area contributed by atoms with Gasteiger partial charge in [-0.15, -0.1) is 0 Å². The Bertz CT molecular complexity index is 342. The topological polar surface area (TPSA) is 6.48 Å². The van der Waals surface area contributed by atoms with Crippen molar-refractivity contribution in [1.29, 1.82) is 0 Å². The normalized spacial score (nSPS) is 11.4. The smallest absolute Gasteiger partial charge is 0.0462 e. The molecule has 0 amide bonds. The molecule has 0 aliphatic heterocycles. The summed E-state index contributed by atoms with van der Waals surface area (Å²) in [6.45, 7) is 2.99. The van der Waals surface area contributed by atoms with Crippen LogP contribution in [0.25, 0.3) is 0 Å². The van der Waals surface area contributed by atoms with E-state index in [1.54, 1.807) is 0 Å². The molecule has 0 aliphatic carbocycles. The van der Waals surface area contributed by atoms with Crippen LogP contribution >= 0.6 is 27.5 Å². The fourth-order valence-electron chi connectivity index (χ4n) is 1.39. The highest BCUT2D eigenvalue weighted by Crippen LogP contribution is 2.22. The van der Waals surface area contributed by atoms with E-state index in [0.29, 0.717) is 0 Å². The van der Waals surface area contributed by atoms with Crippen molar-refractivity contribution in [3.8, 4) is 0 Å². The Kier molecular flexibility index (Phi) is 5.76. The Morgan fingerprint density at radius 3 is 2.44 bits per heavy atom. The van der Waals surface area contributed by atoms with Crippen molar-refractivity contribution in [2.24, 2.45) is 0 Å². The van der Waals surface area contributed by atoms with Gasteiger partial charge in [0.05, 0.1) is 0 Å². The van der Waals surface area contributed by atoms with Crippen molar-refractivity contribution in [1.82, 2.24) is 9.80 Å². The first-order valence-corrected chi connectivity index (χ1v) is 6.43. The number of benzene rings is 1. The van der Waals surface area contributed by atoms with Gasteiger partial charge in [-0.1, -0.05) is 33.6 Å². The first-order chi connectivity index (χ1) is 7.49. The summed E-state index contributed by atoms with van der Waals surface area (Å²) in [6.07, 6.45) is 0. The summed E-state index contributed by atoms with van der Waals surface area (Å²) in [5, 5.41) is 0.825. The van der Waals surface area contributed by atoms with Crippen molar-refractivity contribution in [3.63, 3.8) is 0 Å². The summed E-state index contributed by atoms with van der Waals surface area (Å²) < 4.78 is 1.03. The van der Waals surface area contributed by atoms with E-state index < -0.39 is 0 Å². The Balaban J connectivity index is 2.52. The number of halogens is 2. The summed E-state index contributed by atoms with van der Waals surface area (Å²) in [6, 6.07) is 6.04. The predicted octanol–water partition coefficient (Wildman–Crippen LogP) is 3.10. The zero-order chi connectivity index (χ0) is 12.1. The lowest BCUT2D eigenvalue weighted by molar-refractivity contribution is 0.276. The van der Waals surface area contributed by atoms with Crippen molar-refractivity contribution < 1.29 is 0 Å². The minimum absolute atomic E-state index is 0.825. The highest BCUT2D eigenvalue weighted by atomic mass is 79.9. The molecule has 0 N–H and O–H groups in total. The minimum Gasteiger partial charge on any atom is -0.308 e. The molecule has 4 heteroatoms. The van der Waals surface area contributed by atoms with E-state index >= 15 is 0 Å². The molecule has 0 radical (unpaired) electrons. The van der Waals surface area contributed by atoms with Gasteiger partial charge in [-0.05, 0) is 38.8 Å². The highest BCUT2D eigenvalue weighted by molar-refractivity contribution is 9.10. The second-order valence-corrected chi connectivity index (χ2v) is 5.60.